The fourth-order valence-corrected chi connectivity index (χ4v) is 4.95. The van der Waals surface area contributed by atoms with E-state index in [4.69, 9.17) is 9.47 Å². The molecule has 0 bridgehead atoms. The largest absolute Gasteiger partial charge is 0.507 e. The molecule has 5 rings (SSSR count). The van der Waals surface area contributed by atoms with Crippen molar-refractivity contribution in [1.29, 1.82) is 0 Å². The summed E-state index contributed by atoms with van der Waals surface area (Å²) in [5.41, 5.74) is 5.58. The number of carbonyl (C=O) groups excluding carboxylic acids is 2. The van der Waals surface area contributed by atoms with Gasteiger partial charge >= 0.3 is 0 Å². The van der Waals surface area contributed by atoms with Crippen molar-refractivity contribution >= 4 is 23.1 Å². The molecule has 1 atom stereocenters. The van der Waals surface area contributed by atoms with Gasteiger partial charge in [-0.15, -0.1) is 0 Å². The van der Waals surface area contributed by atoms with Gasteiger partial charge in [-0.1, -0.05) is 48.5 Å². The number of anilines is 1. The summed E-state index contributed by atoms with van der Waals surface area (Å²) in [6.07, 6.45) is 0. The van der Waals surface area contributed by atoms with Crippen molar-refractivity contribution in [3.63, 3.8) is 0 Å². The zero-order valence-corrected chi connectivity index (χ0v) is 23.0. The molecular weight excluding hydrogens is 502 g/mol. The molecular formula is C34H31NO5. The van der Waals surface area contributed by atoms with Crippen LogP contribution in [0.2, 0.25) is 0 Å². The van der Waals surface area contributed by atoms with Crippen LogP contribution in [0.5, 0.6) is 11.5 Å². The Labute approximate surface area is 234 Å². The predicted molar refractivity (Wildman–Crippen MR) is 156 cm³/mol. The summed E-state index contributed by atoms with van der Waals surface area (Å²) >= 11 is 0. The average Bonchev–Trinajstić information content (AvgIpc) is 3.24. The first-order chi connectivity index (χ1) is 19.3. The molecule has 0 aromatic heterocycles. The third kappa shape index (κ3) is 5.08. The summed E-state index contributed by atoms with van der Waals surface area (Å²) in [6, 6.07) is 27.1. The Morgan fingerprint density at radius 3 is 2.30 bits per heavy atom. The molecule has 1 amide bonds. The molecule has 1 unspecified atom stereocenters. The van der Waals surface area contributed by atoms with Gasteiger partial charge in [0.2, 0.25) is 0 Å². The van der Waals surface area contributed by atoms with E-state index in [-0.39, 0.29) is 11.3 Å². The van der Waals surface area contributed by atoms with Gasteiger partial charge in [-0.2, -0.15) is 0 Å². The average molecular weight is 534 g/mol. The van der Waals surface area contributed by atoms with E-state index in [1.165, 1.54) is 4.90 Å². The van der Waals surface area contributed by atoms with E-state index in [1.807, 2.05) is 75.4 Å². The lowest BCUT2D eigenvalue weighted by atomic mass is 9.94. The van der Waals surface area contributed by atoms with Crippen LogP contribution in [0.1, 0.15) is 39.4 Å². The van der Waals surface area contributed by atoms with Crippen molar-refractivity contribution in [1.82, 2.24) is 0 Å². The van der Waals surface area contributed by atoms with Crippen LogP contribution in [0.3, 0.4) is 0 Å². The number of ether oxygens (including phenoxy) is 2. The molecule has 0 spiro atoms. The Kier molecular flexibility index (Phi) is 7.43. The Morgan fingerprint density at radius 1 is 0.825 bits per heavy atom. The van der Waals surface area contributed by atoms with Crippen LogP contribution >= 0.6 is 0 Å². The highest BCUT2D eigenvalue weighted by molar-refractivity contribution is 6.51. The van der Waals surface area contributed by atoms with Crippen LogP contribution in [0.25, 0.3) is 5.76 Å². The summed E-state index contributed by atoms with van der Waals surface area (Å²) in [6.45, 7) is 6.23. The molecule has 6 nitrogen and oxygen atoms in total. The number of aliphatic hydroxyl groups is 1. The predicted octanol–water partition coefficient (Wildman–Crippen LogP) is 6.83. The van der Waals surface area contributed by atoms with E-state index in [2.05, 4.69) is 0 Å². The number of Topliss-reactive ketones (excluding diaryl/α,β-unsaturated/α-hetero) is 1. The Bertz CT molecular complexity index is 1620. The van der Waals surface area contributed by atoms with Gasteiger partial charge in [0, 0.05) is 11.3 Å². The maximum atomic E-state index is 13.5. The minimum absolute atomic E-state index is 0.0221. The van der Waals surface area contributed by atoms with E-state index >= 15 is 0 Å². The van der Waals surface area contributed by atoms with Crippen LogP contribution < -0.4 is 14.4 Å². The zero-order valence-electron chi connectivity index (χ0n) is 23.0. The lowest BCUT2D eigenvalue weighted by molar-refractivity contribution is -0.132. The van der Waals surface area contributed by atoms with Gasteiger partial charge in [-0.3, -0.25) is 14.5 Å². The van der Waals surface area contributed by atoms with Crippen LogP contribution in [-0.2, 0) is 16.2 Å². The van der Waals surface area contributed by atoms with Gasteiger partial charge in [-0.25, -0.2) is 0 Å². The first-order valence-electron chi connectivity index (χ1n) is 13.1. The fourth-order valence-electron chi connectivity index (χ4n) is 4.95. The Balaban J connectivity index is 1.58. The first kappa shape index (κ1) is 26.8. The maximum absolute atomic E-state index is 13.5. The third-order valence-corrected chi connectivity index (χ3v) is 7.31. The smallest absolute Gasteiger partial charge is 0.300 e. The number of hydrogen-bond donors (Lipinski definition) is 1. The van der Waals surface area contributed by atoms with E-state index < -0.39 is 17.7 Å². The van der Waals surface area contributed by atoms with Crippen LogP contribution in [0.4, 0.5) is 5.69 Å². The summed E-state index contributed by atoms with van der Waals surface area (Å²) in [4.78, 5) is 28.5. The van der Waals surface area contributed by atoms with Crippen molar-refractivity contribution < 1.29 is 24.2 Å². The van der Waals surface area contributed by atoms with Gasteiger partial charge in [0.15, 0.2) is 0 Å². The number of benzene rings is 4. The van der Waals surface area contributed by atoms with E-state index in [0.29, 0.717) is 34.9 Å². The molecule has 6 heteroatoms. The van der Waals surface area contributed by atoms with Gasteiger partial charge in [-0.05, 0) is 91.1 Å². The molecule has 1 aliphatic rings. The van der Waals surface area contributed by atoms with Crippen molar-refractivity contribution in [3.05, 3.63) is 130 Å². The van der Waals surface area contributed by atoms with Gasteiger partial charge in [0.25, 0.3) is 11.7 Å². The number of hydrogen-bond acceptors (Lipinski definition) is 5. The lowest BCUT2D eigenvalue weighted by Gasteiger charge is -2.26. The van der Waals surface area contributed by atoms with E-state index in [1.54, 1.807) is 43.5 Å². The molecule has 1 N–H and O–H groups in total. The molecule has 0 radical (unpaired) electrons. The molecule has 4 aromatic rings. The van der Waals surface area contributed by atoms with Crippen LogP contribution in [0.15, 0.2) is 96.6 Å². The van der Waals surface area contributed by atoms with Crippen molar-refractivity contribution in [2.45, 2.75) is 33.4 Å². The number of aryl methyl sites for hydroxylation is 3. The zero-order chi connectivity index (χ0) is 28.4. The van der Waals surface area contributed by atoms with Crippen molar-refractivity contribution in [3.8, 4) is 11.5 Å². The molecule has 0 saturated carbocycles. The molecule has 202 valence electrons. The highest BCUT2D eigenvalue weighted by atomic mass is 16.5. The number of amides is 1. The van der Waals surface area contributed by atoms with Gasteiger partial charge in [0.05, 0.1) is 18.7 Å². The number of aliphatic hydroxyl groups excluding tert-OH is 1. The molecule has 40 heavy (non-hydrogen) atoms. The van der Waals surface area contributed by atoms with E-state index in [9.17, 15) is 14.7 Å². The third-order valence-electron chi connectivity index (χ3n) is 7.31. The van der Waals surface area contributed by atoms with Gasteiger partial charge in [0.1, 0.15) is 23.9 Å². The minimum atomic E-state index is -0.841. The SMILES string of the molecule is COc1cccc(C2/C(=C(\O)c3ccc(OCc4ccccc4)c(C)c3)C(=O)C(=O)N2c2ccc(C)c(C)c2)c1. The highest BCUT2D eigenvalue weighted by Gasteiger charge is 2.47. The first-order valence-corrected chi connectivity index (χ1v) is 13.1. The van der Waals surface area contributed by atoms with E-state index in [0.717, 1.165) is 22.3 Å². The summed E-state index contributed by atoms with van der Waals surface area (Å²) in [5.74, 6) is -0.433. The second-order valence-corrected chi connectivity index (χ2v) is 9.97. The lowest BCUT2D eigenvalue weighted by Crippen LogP contribution is -2.29. The quantitative estimate of drug-likeness (QED) is 0.160. The second kappa shape index (κ2) is 11.1. The summed E-state index contributed by atoms with van der Waals surface area (Å²) in [5, 5.41) is 11.6. The van der Waals surface area contributed by atoms with Crippen molar-refractivity contribution in [2.75, 3.05) is 12.0 Å². The number of nitrogens with zero attached hydrogens (tertiary/aromatic N) is 1. The number of rotatable bonds is 7. The van der Waals surface area contributed by atoms with Gasteiger partial charge < -0.3 is 14.6 Å². The number of carbonyl (C=O) groups is 2. The summed E-state index contributed by atoms with van der Waals surface area (Å²) in [7, 11) is 1.56. The topological polar surface area (TPSA) is 76.1 Å². The minimum Gasteiger partial charge on any atom is -0.507 e. The Morgan fingerprint density at radius 2 is 1.60 bits per heavy atom. The standard InChI is InChI=1S/C34H31NO5/c1-21-13-15-27(18-22(21)2)35-31(25-11-8-12-28(19-25)39-4)30(33(37)34(35)38)32(36)26-14-16-29(23(3)17-26)40-20-24-9-6-5-7-10-24/h5-19,31,36H,20H2,1-4H3/b32-30+. The highest BCUT2D eigenvalue weighted by Crippen LogP contribution is 2.43. The molecule has 1 heterocycles. The Hall–Kier alpha value is -4.84. The molecule has 0 aliphatic carbocycles. The number of methoxy groups -OCH3 is 1. The molecule has 1 fully saturated rings. The van der Waals surface area contributed by atoms with Crippen LogP contribution in [0, 0.1) is 20.8 Å². The summed E-state index contributed by atoms with van der Waals surface area (Å²) < 4.78 is 11.4. The fraction of sp³-hybridized carbons (Fsp3) is 0.176. The molecule has 1 aliphatic heterocycles. The van der Waals surface area contributed by atoms with Crippen molar-refractivity contribution in [2.24, 2.45) is 0 Å². The molecule has 1 saturated heterocycles. The maximum Gasteiger partial charge on any atom is 0.300 e. The molecule has 4 aromatic carbocycles. The monoisotopic (exact) mass is 533 g/mol. The normalized spacial score (nSPS) is 16.3. The second-order valence-electron chi connectivity index (χ2n) is 9.97. The number of ketones is 1. The van der Waals surface area contributed by atoms with Crippen LogP contribution in [-0.4, -0.2) is 23.9 Å².